The second-order valence-electron chi connectivity index (χ2n) is 5.31. The maximum absolute atomic E-state index is 7.46. The number of nitrogens with one attached hydrogen (secondary N) is 2. The number of hydrazone groups is 1. The van der Waals surface area contributed by atoms with Gasteiger partial charge in [-0.25, -0.2) is 4.41 Å². The quantitative estimate of drug-likeness (QED) is 0.352. The first-order valence-corrected chi connectivity index (χ1v) is 8.50. The van der Waals surface area contributed by atoms with E-state index in [2.05, 4.69) is 10.5 Å². The third kappa shape index (κ3) is 4.43. The molecule has 3 rings (SSSR count). The molecule has 0 spiro atoms. The number of amidine groups is 2. The minimum Gasteiger partial charge on any atom is -0.384 e. The van der Waals surface area contributed by atoms with Crippen LogP contribution in [0, 0.1) is 10.8 Å². The minimum absolute atomic E-state index is 0. The summed E-state index contributed by atoms with van der Waals surface area (Å²) >= 11 is 0. The number of rotatable bonds is 4. The van der Waals surface area contributed by atoms with Gasteiger partial charge in [0, 0.05) is 34.0 Å². The van der Waals surface area contributed by atoms with Crippen LogP contribution in [-0.4, -0.2) is 34.2 Å². The van der Waals surface area contributed by atoms with Gasteiger partial charge in [-0.1, -0.05) is 36.4 Å². The predicted molar refractivity (Wildman–Crippen MR) is 116 cm³/mol. The second kappa shape index (κ2) is 8.84. The minimum atomic E-state index is -0.275. The van der Waals surface area contributed by atoms with Gasteiger partial charge in [0.05, 0.1) is 5.71 Å². The van der Waals surface area contributed by atoms with Crippen LogP contribution < -0.4 is 11.5 Å². The maximum atomic E-state index is 7.46. The van der Waals surface area contributed by atoms with Crippen molar-refractivity contribution in [2.24, 2.45) is 16.6 Å². The topological polar surface area (TPSA) is 115 Å². The zero-order valence-electron chi connectivity index (χ0n) is 14.0. The zero-order chi connectivity index (χ0) is 17.3. The smallest absolute Gasteiger partial charge is 0.122 e. The first-order chi connectivity index (χ1) is 11.5. The Morgan fingerprint density at radius 2 is 1.35 bits per heavy atom. The fourth-order valence-corrected chi connectivity index (χ4v) is 3.92. The lowest BCUT2D eigenvalue weighted by molar-refractivity contribution is 0.619. The molecule has 6 nitrogen and oxygen atoms in total. The third-order valence-electron chi connectivity index (χ3n) is 3.65. The van der Waals surface area contributed by atoms with E-state index in [9.17, 15) is 0 Å². The third-order valence-corrected chi connectivity index (χ3v) is 5.51. The lowest BCUT2D eigenvalue weighted by atomic mass is 10.1. The van der Waals surface area contributed by atoms with Gasteiger partial charge in [0.1, 0.15) is 11.7 Å². The molecule has 1 aliphatic rings. The summed E-state index contributed by atoms with van der Waals surface area (Å²) in [7, 11) is 1.66. The van der Waals surface area contributed by atoms with Gasteiger partial charge in [0.15, 0.2) is 0 Å². The molecule has 0 saturated heterocycles. The van der Waals surface area contributed by atoms with Crippen LogP contribution >= 0.6 is 35.5 Å². The van der Waals surface area contributed by atoms with Gasteiger partial charge < -0.3 is 11.5 Å². The molecule has 138 valence electrons. The Balaban J connectivity index is 0.00000169. The molecule has 1 aliphatic heterocycles. The van der Waals surface area contributed by atoms with Crippen LogP contribution in [0.2, 0.25) is 0 Å². The number of hydrogen-bond acceptors (Lipinski definition) is 4. The molecule has 9 heteroatoms. The van der Waals surface area contributed by atoms with E-state index in [-0.39, 0.29) is 47.2 Å². The molecule has 1 unspecified atom stereocenters. The molecule has 0 saturated carbocycles. The molecule has 6 N–H and O–H groups in total. The Morgan fingerprint density at radius 1 is 0.885 bits per heavy atom. The maximum Gasteiger partial charge on any atom is 0.122 e. The van der Waals surface area contributed by atoms with Crippen LogP contribution in [-0.2, 0) is 0 Å². The van der Waals surface area contributed by atoms with Crippen LogP contribution in [0.1, 0.15) is 16.7 Å². The highest BCUT2D eigenvalue weighted by Crippen LogP contribution is 2.33. The van der Waals surface area contributed by atoms with E-state index in [1.165, 1.54) is 0 Å². The van der Waals surface area contributed by atoms with Crippen molar-refractivity contribution < 1.29 is 0 Å². The predicted octanol–water partition coefficient (Wildman–Crippen LogP) is 2.79. The van der Waals surface area contributed by atoms with Crippen molar-refractivity contribution in [3.63, 3.8) is 0 Å². The SMILES string of the molecule is CN1N=C(c2ccc(C(=N)N)cc2)C=S1c1ccc(C(=N)N)cc1.Cl.Cl. The van der Waals surface area contributed by atoms with Crippen molar-refractivity contribution in [2.75, 3.05) is 7.05 Å². The fraction of sp³-hybridized carbons (Fsp3) is 0.0588. The van der Waals surface area contributed by atoms with Gasteiger partial charge in [-0.3, -0.25) is 10.8 Å². The standard InChI is InChI=1S/C17H18N6S.2ClH/c1-23-22-15(11-2-4-12(5-3-11)16(18)19)10-24(23)14-8-6-13(7-9-14)17(20)21;;/h2-10H,1H3,(H3,18,19)(H3,20,21);2*1H. The number of nitrogens with two attached hydrogens (primary N) is 2. The van der Waals surface area contributed by atoms with E-state index in [1.54, 1.807) is 0 Å². The summed E-state index contributed by atoms with van der Waals surface area (Å²) in [6, 6.07) is 15.2. The van der Waals surface area contributed by atoms with Gasteiger partial charge in [0.2, 0.25) is 0 Å². The van der Waals surface area contributed by atoms with E-state index in [0.29, 0.717) is 11.1 Å². The summed E-state index contributed by atoms with van der Waals surface area (Å²) in [6.07, 6.45) is 0. The van der Waals surface area contributed by atoms with E-state index in [0.717, 1.165) is 16.2 Å². The van der Waals surface area contributed by atoms with Crippen molar-refractivity contribution in [3.05, 3.63) is 65.2 Å². The number of hydrogen-bond donors (Lipinski definition) is 4. The summed E-state index contributed by atoms with van der Waals surface area (Å²) in [5.41, 5.74) is 14.3. The Hall–Kier alpha value is -2.35. The first kappa shape index (κ1) is 21.7. The molecule has 1 heterocycles. The molecule has 1 atom stereocenters. The second-order valence-corrected chi connectivity index (χ2v) is 7.18. The molecule has 0 fully saturated rings. The van der Waals surface area contributed by atoms with Crippen molar-refractivity contribution in [1.82, 2.24) is 4.41 Å². The Kier molecular flexibility index (Phi) is 7.38. The molecular formula is C17H20Cl2N6S. The molecule has 0 radical (unpaired) electrons. The van der Waals surface area contributed by atoms with Crippen LogP contribution in [0.15, 0.2) is 58.5 Å². The number of benzene rings is 2. The Bertz CT molecular complexity index is 875. The van der Waals surface area contributed by atoms with Gasteiger partial charge in [-0.05, 0) is 22.8 Å². The van der Waals surface area contributed by atoms with Gasteiger partial charge >= 0.3 is 0 Å². The molecule has 0 aliphatic carbocycles. The van der Waals surface area contributed by atoms with Crippen molar-refractivity contribution in [3.8, 4) is 0 Å². The number of halogens is 2. The molecule has 0 bridgehead atoms. The monoisotopic (exact) mass is 410 g/mol. The highest BCUT2D eigenvalue weighted by molar-refractivity contribution is 8.14. The lowest BCUT2D eigenvalue weighted by Crippen LogP contribution is -2.11. The van der Waals surface area contributed by atoms with E-state index in [4.69, 9.17) is 22.3 Å². The van der Waals surface area contributed by atoms with E-state index < -0.39 is 0 Å². The summed E-state index contributed by atoms with van der Waals surface area (Å²) in [5, 5.41) is 21.6. The molecule has 26 heavy (non-hydrogen) atoms. The van der Waals surface area contributed by atoms with Crippen molar-refractivity contribution in [2.45, 2.75) is 4.90 Å². The lowest BCUT2D eigenvalue weighted by Gasteiger charge is -2.14. The number of nitrogen functional groups attached to an aromatic ring is 2. The summed E-state index contributed by atoms with van der Waals surface area (Å²) in [5.74, 6) is 0.123. The summed E-state index contributed by atoms with van der Waals surface area (Å²) < 4.78 is 1.93. The van der Waals surface area contributed by atoms with Gasteiger partial charge in [-0.15, -0.1) is 24.8 Å². The largest absolute Gasteiger partial charge is 0.384 e. The first-order valence-electron chi connectivity index (χ1n) is 7.25. The van der Waals surface area contributed by atoms with E-state index in [1.807, 2.05) is 60.0 Å². The van der Waals surface area contributed by atoms with Crippen LogP contribution in [0.4, 0.5) is 0 Å². The molecule has 2 aromatic carbocycles. The average Bonchev–Trinajstić information content (AvgIpc) is 2.97. The van der Waals surface area contributed by atoms with Crippen LogP contribution in [0.3, 0.4) is 0 Å². The van der Waals surface area contributed by atoms with Gasteiger partial charge in [0.25, 0.3) is 0 Å². The summed E-state index contributed by atoms with van der Waals surface area (Å²) in [6.45, 7) is 0. The molecule has 0 amide bonds. The molecule has 0 aromatic heterocycles. The fourth-order valence-electron chi connectivity index (χ4n) is 2.34. The van der Waals surface area contributed by atoms with Crippen molar-refractivity contribution in [1.29, 1.82) is 10.8 Å². The number of nitrogens with zero attached hydrogens (tertiary/aromatic N) is 2. The highest BCUT2D eigenvalue weighted by Gasteiger charge is 2.16. The van der Waals surface area contributed by atoms with Crippen LogP contribution in [0.5, 0.6) is 0 Å². The Morgan fingerprint density at radius 3 is 1.81 bits per heavy atom. The summed E-state index contributed by atoms with van der Waals surface area (Å²) in [4.78, 5) is 1.11. The zero-order valence-corrected chi connectivity index (χ0v) is 16.4. The van der Waals surface area contributed by atoms with Crippen molar-refractivity contribution >= 4 is 58.2 Å². The van der Waals surface area contributed by atoms with Gasteiger partial charge in [-0.2, -0.15) is 5.10 Å². The normalized spacial score (nSPS) is 15.2. The van der Waals surface area contributed by atoms with E-state index >= 15 is 0 Å². The van der Waals surface area contributed by atoms with Crippen LogP contribution in [0.25, 0.3) is 0 Å². The highest BCUT2D eigenvalue weighted by atomic mass is 35.5. The molecule has 2 aromatic rings. The Labute approximate surface area is 167 Å². The molecular weight excluding hydrogens is 391 g/mol. The average molecular weight is 411 g/mol.